The molecule has 10 heteroatoms. The summed E-state index contributed by atoms with van der Waals surface area (Å²) in [6, 6.07) is 0. The van der Waals surface area contributed by atoms with E-state index in [1.54, 1.807) is 0 Å². The van der Waals surface area contributed by atoms with Gasteiger partial charge in [0.25, 0.3) is 5.56 Å². The van der Waals surface area contributed by atoms with Gasteiger partial charge in [0.05, 0.1) is 12.7 Å². The molecule has 0 amide bonds. The monoisotopic (exact) mass is 300 g/mol. The van der Waals surface area contributed by atoms with Crippen LogP contribution in [0.5, 0.6) is 0 Å². The van der Waals surface area contributed by atoms with Gasteiger partial charge in [0.2, 0.25) is 5.95 Å². The maximum atomic E-state index is 12.0. The fourth-order valence-corrected chi connectivity index (χ4v) is 3.09. The second kappa shape index (κ2) is 4.66. The lowest BCUT2D eigenvalue weighted by molar-refractivity contribution is -0.0437. The van der Waals surface area contributed by atoms with Crippen LogP contribution in [0.2, 0.25) is 0 Å². The first-order valence-corrected chi connectivity index (χ1v) is 6.68. The van der Waals surface area contributed by atoms with E-state index in [4.69, 9.17) is 15.6 Å². The lowest BCUT2D eigenvalue weighted by atomic mass is 10.2. The summed E-state index contributed by atoms with van der Waals surface area (Å²) in [5.41, 5.74) is 5.10. The van der Waals surface area contributed by atoms with Crippen LogP contribution in [0.25, 0.3) is 10.3 Å². The van der Waals surface area contributed by atoms with Crippen LogP contribution in [0.4, 0.5) is 5.95 Å². The number of nitrogens with zero attached hydrogens (tertiary/aromatic N) is 2. The minimum absolute atomic E-state index is 0.105. The van der Waals surface area contributed by atoms with Crippen molar-refractivity contribution >= 4 is 27.6 Å². The van der Waals surface area contributed by atoms with E-state index in [1.807, 2.05) is 0 Å². The Morgan fingerprint density at radius 1 is 1.55 bits per heavy atom. The number of hydrogen-bond donors (Lipinski definition) is 4. The number of ether oxygens (including phenoxy) is 1. The van der Waals surface area contributed by atoms with Crippen LogP contribution >= 0.6 is 11.3 Å². The van der Waals surface area contributed by atoms with E-state index in [0.29, 0.717) is 0 Å². The van der Waals surface area contributed by atoms with E-state index < -0.39 is 28.9 Å². The van der Waals surface area contributed by atoms with Gasteiger partial charge in [-0.1, -0.05) is 11.3 Å². The normalized spacial score (nSPS) is 26.4. The third kappa shape index (κ3) is 1.93. The molecule has 1 aliphatic heterocycles. The highest BCUT2D eigenvalue weighted by Crippen LogP contribution is 2.30. The van der Waals surface area contributed by atoms with E-state index >= 15 is 0 Å². The number of anilines is 1. The summed E-state index contributed by atoms with van der Waals surface area (Å²) in [7, 11) is 0. The van der Waals surface area contributed by atoms with Gasteiger partial charge < -0.3 is 20.7 Å². The Bertz CT molecular complexity index is 765. The van der Waals surface area contributed by atoms with E-state index in [9.17, 15) is 14.7 Å². The lowest BCUT2D eigenvalue weighted by Gasteiger charge is -2.13. The first-order chi connectivity index (χ1) is 9.51. The summed E-state index contributed by atoms with van der Waals surface area (Å²) in [5, 5.41) is 18.8. The third-order valence-corrected chi connectivity index (χ3v) is 4.11. The fourth-order valence-electron chi connectivity index (χ4n) is 2.24. The number of rotatable bonds is 2. The number of nitrogens with one attached hydrogen (secondary N) is 1. The van der Waals surface area contributed by atoms with Gasteiger partial charge in [-0.25, -0.2) is 0 Å². The minimum atomic E-state index is -0.883. The summed E-state index contributed by atoms with van der Waals surface area (Å²) in [6.45, 7) is -0.357. The molecule has 3 atom stereocenters. The van der Waals surface area contributed by atoms with Crippen molar-refractivity contribution in [2.24, 2.45) is 0 Å². The van der Waals surface area contributed by atoms with Crippen LogP contribution in [0.1, 0.15) is 12.6 Å². The molecule has 0 aliphatic carbocycles. The summed E-state index contributed by atoms with van der Waals surface area (Å²) in [5.74, 6) is -0.105. The molecule has 0 bridgehead atoms. The number of H-pyrrole nitrogens is 1. The molecule has 3 rings (SSSR count). The zero-order valence-corrected chi connectivity index (χ0v) is 11.0. The van der Waals surface area contributed by atoms with Crippen molar-refractivity contribution in [3.63, 3.8) is 0 Å². The first-order valence-electron chi connectivity index (χ1n) is 5.86. The first kappa shape index (κ1) is 13.2. The topological polar surface area (TPSA) is 143 Å². The summed E-state index contributed by atoms with van der Waals surface area (Å²) in [6.07, 6.45) is -2.30. The van der Waals surface area contributed by atoms with Gasteiger partial charge in [-0.15, -0.1) is 0 Å². The van der Waals surface area contributed by atoms with Crippen molar-refractivity contribution < 1.29 is 14.9 Å². The minimum Gasteiger partial charge on any atom is -0.394 e. The Morgan fingerprint density at radius 2 is 2.30 bits per heavy atom. The number of nitrogens with two attached hydrogens (primary N) is 1. The molecule has 2 aromatic heterocycles. The standard InChI is InChI=1S/C10H12N4O5S/c11-9-12-7-6(8(17)13-9)20-10(18)14(7)5-1-3(16)4(2-15)19-5/h3-5,15-16H,1-2H2,(H3,11,12,13,17)/t3-,4?,5?/m0/s1. The van der Waals surface area contributed by atoms with Gasteiger partial charge in [-0.3, -0.25) is 19.1 Å². The number of fused-ring (bicyclic) bond motifs is 1. The molecule has 20 heavy (non-hydrogen) atoms. The van der Waals surface area contributed by atoms with Crippen molar-refractivity contribution in [2.75, 3.05) is 12.3 Å². The van der Waals surface area contributed by atoms with E-state index in [2.05, 4.69) is 9.97 Å². The zero-order chi connectivity index (χ0) is 14.4. The number of aliphatic hydroxyl groups is 2. The predicted octanol–water partition coefficient (Wildman–Crippen LogP) is -1.63. The second-order valence-electron chi connectivity index (χ2n) is 4.46. The van der Waals surface area contributed by atoms with Crippen LogP contribution in [-0.2, 0) is 4.74 Å². The predicted molar refractivity (Wildman–Crippen MR) is 70.5 cm³/mol. The SMILES string of the molecule is Nc1nc2c(sc(=O)n2C2C[C@H](O)C(CO)O2)c(=O)[nH]1. The maximum absolute atomic E-state index is 12.0. The quantitative estimate of drug-likeness (QED) is 0.521. The Kier molecular flexibility index (Phi) is 3.09. The maximum Gasteiger partial charge on any atom is 0.311 e. The number of aliphatic hydroxyl groups excluding tert-OH is 2. The van der Waals surface area contributed by atoms with Gasteiger partial charge in [0.15, 0.2) is 5.65 Å². The molecule has 0 spiro atoms. The molecule has 1 aliphatic rings. The van der Waals surface area contributed by atoms with E-state index in [0.717, 1.165) is 11.3 Å². The van der Waals surface area contributed by atoms with Crippen molar-refractivity contribution in [1.82, 2.24) is 14.5 Å². The number of aromatic nitrogens is 3. The van der Waals surface area contributed by atoms with Crippen LogP contribution < -0.4 is 16.2 Å². The molecule has 1 saturated heterocycles. The van der Waals surface area contributed by atoms with E-state index in [-0.39, 0.29) is 29.3 Å². The fraction of sp³-hybridized carbons (Fsp3) is 0.500. The van der Waals surface area contributed by atoms with Crippen LogP contribution in [0.3, 0.4) is 0 Å². The number of thiazole rings is 1. The molecule has 108 valence electrons. The molecule has 3 heterocycles. The Hall–Kier alpha value is -1.75. The molecule has 2 unspecified atom stereocenters. The van der Waals surface area contributed by atoms with E-state index in [1.165, 1.54) is 4.57 Å². The van der Waals surface area contributed by atoms with Gasteiger partial charge >= 0.3 is 4.87 Å². The Morgan fingerprint density at radius 3 is 2.95 bits per heavy atom. The lowest BCUT2D eigenvalue weighted by Crippen LogP contribution is -2.25. The van der Waals surface area contributed by atoms with Gasteiger partial charge in [0.1, 0.15) is 17.0 Å². The molecule has 2 aromatic rings. The van der Waals surface area contributed by atoms with Gasteiger partial charge in [-0.2, -0.15) is 4.98 Å². The van der Waals surface area contributed by atoms with Gasteiger partial charge in [0, 0.05) is 6.42 Å². The van der Waals surface area contributed by atoms with Crippen molar-refractivity contribution in [3.05, 3.63) is 20.0 Å². The molecule has 0 radical (unpaired) electrons. The third-order valence-electron chi connectivity index (χ3n) is 3.16. The highest BCUT2D eigenvalue weighted by molar-refractivity contribution is 7.16. The van der Waals surface area contributed by atoms with Crippen molar-refractivity contribution in [1.29, 1.82) is 0 Å². The zero-order valence-electron chi connectivity index (χ0n) is 10.1. The highest BCUT2D eigenvalue weighted by atomic mass is 32.1. The number of nitrogen functional groups attached to an aromatic ring is 1. The molecule has 0 aromatic carbocycles. The van der Waals surface area contributed by atoms with Crippen molar-refractivity contribution in [2.45, 2.75) is 24.9 Å². The molecular weight excluding hydrogens is 288 g/mol. The van der Waals surface area contributed by atoms with Crippen LogP contribution in [0.15, 0.2) is 9.59 Å². The average Bonchev–Trinajstić information content (AvgIpc) is 2.89. The number of hydrogen-bond acceptors (Lipinski definition) is 8. The van der Waals surface area contributed by atoms with Crippen molar-refractivity contribution in [3.8, 4) is 0 Å². The molecular formula is C10H12N4O5S. The van der Waals surface area contributed by atoms with Crippen LogP contribution in [0, 0.1) is 0 Å². The number of aromatic amines is 1. The summed E-state index contributed by atoms with van der Waals surface area (Å²) in [4.78, 5) is 29.6. The summed E-state index contributed by atoms with van der Waals surface area (Å²) >= 11 is 0.732. The average molecular weight is 300 g/mol. The smallest absolute Gasteiger partial charge is 0.311 e. The van der Waals surface area contributed by atoms with Gasteiger partial charge in [-0.05, 0) is 0 Å². The Balaban J connectivity index is 2.15. The Labute approximate surface area is 115 Å². The molecule has 1 fully saturated rings. The summed E-state index contributed by atoms with van der Waals surface area (Å²) < 4.78 is 6.75. The molecule has 0 saturated carbocycles. The molecule has 5 N–H and O–H groups in total. The highest BCUT2D eigenvalue weighted by Gasteiger charge is 2.36. The van der Waals surface area contributed by atoms with Crippen LogP contribution in [-0.4, -0.2) is 43.6 Å². The molecule has 9 nitrogen and oxygen atoms in total. The largest absolute Gasteiger partial charge is 0.394 e. The second-order valence-corrected chi connectivity index (χ2v) is 5.42.